The van der Waals surface area contributed by atoms with Gasteiger partial charge in [0.2, 0.25) is 5.95 Å². The summed E-state index contributed by atoms with van der Waals surface area (Å²) >= 11 is 0. The summed E-state index contributed by atoms with van der Waals surface area (Å²) in [5.41, 5.74) is 13.7. The van der Waals surface area contributed by atoms with Crippen LogP contribution in [0.3, 0.4) is 0 Å². The molecule has 1 amide bonds. The van der Waals surface area contributed by atoms with Crippen molar-refractivity contribution in [1.29, 1.82) is 0 Å². The van der Waals surface area contributed by atoms with Crippen LogP contribution < -0.4 is 22.1 Å². The molecule has 2 aromatic rings. The number of carbonyl (C=O) groups is 1. The molecule has 7 nitrogen and oxygen atoms in total. The van der Waals surface area contributed by atoms with Crippen molar-refractivity contribution >= 4 is 23.4 Å². The van der Waals surface area contributed by atoms with Crippen LogP contribution in [0.25, 0.3) is 0 Å². The summed E-state index contributed by atoms with van der Waals surface area (Å²) in [6.45, 7) is 4.07. The molecule has 25 heavy (non-hydrogen) atoms. The Morgan fingerprint density at radius 2 is 2.16 bits per heavy atom. The van der Waals surface area contributed by atoms with Crippen LogP contribution in [0.4, 0.5) is 17.5 Å². The van der Waals surface area contributed by atoms with Gasteiger partial charge in [0.1, 0.15) is 11.4 Å². The maximum atomic E-state index is 11.7. The number of hydrogen-bond donors (Lipinski definition) is 4. The minimum Gasteiger partial charge on any atom is -0.365 e. The molecule has 0 radical (unpaired) electrons. The first-order chi connectivity index (χ1) is 11.9. The summed E-state index contributed by atoms with van der Waals surface area (Å²) in [6, 6.07) is 7.89. The molecule has 0 saturated heterocycles. The molecular weight excluding hydrogens is 316 g/mol. The molecule has 1 aromatic carbocycles. The lowest BCUT2D eigenvalue weighted by Gasteiger charge is -2.23. The molecule has 1 aliphatic carbocycles. The number of hydrogen-bond acceptors (Lipinski definition) is 6. The third-order valence-electron chi connectivity index (χ3n) is 4.57. The monoisotopic (exact) mass is 340 g/mol. The summed E-state index contributed by atoms with van der Waals surface area (Å²) in [6.07, 6.45) is 4.30. The zero-order valence-corrected chi connectivity index (χ0v) is 14.5. The number of anilines is 3. The zero-order valence-electron chi connectivity index (χ0n) is 14.5. The Balaban J connectivity index is 1.88. The smallest absolute Gasteiger partial charge is 0.254 e. The number of aromatic nitrogens is 2. The average molecular weight is 340 g/mol. The third-order valence-corrected chi connectivity index (χ3v) is 4.57. The quantitative estimate of drug-likeness (QED) is 0.614. The normalized spacial score (nSPS) is 16.1. The first kappa shape index (κ1) is 17.2. The van der Waals surface area contributed by atoms with E-state index in [2.05, 4.69) is 27.5 Å². The zero-order chi connectivity index (χ0) is 18.0. The minimum atomic E-state index is -0.578. The molecule has 1 aromatic heterocycles. The highest BCUT2D eigenvalue weighted by molar-refractivity contribution is 5.98. The number of carbonyl (C=O) groups excluding carboxylic acids is 1. The van der Waals surface area contributed by atoms with Gasteiger partial charge in [-0.3, -0.25) is 4.79 Å². The van der Waals surface area contributed by atoms with E-state index in [4.69, 9.17) is 11.5 Å². The molecule has 7 heteroatoms. The van der Waals surface area contributed by atoms with Gasteiger partial charge >= 0.3 is 0 Å². The molecule has 0 unspecified atom stereocenters. The summed E-state index contributed by atoms with van der Waals surface area (Å²) in [7, 11) is 0. The van der Waals surface area contributed by atoms with Crippen molar-refractivity contribution in [1.82, 2.24) is 9.97 Å². The van der Waals surface area contributed by atoms with Crippen molar-refractivity contribution in [2.45, 2.75) is 44.7 Å². The second-order valence-corrected chi connectivity index (χ2v) is 6.65. The summed E-state index contributed by atoms with van der Waals surface area (Å²) in [4.78, 5) is 20.4. The predicted molar refractivity (Wildman–Crippen MR) is 98.9 cm³/mol. The van der Waals surface area contributed by atoms with E-state index in [9.17, 15) is 4.79 Å². The number of nitrogens with zero attached hydrogens (tertiary/aromatic N) is 2. The van der Waals surface area contributed by atoms with Crippen LogP contribution in [-0.2, 0) is 0 Å². The molecule has 1 fully saturated rings. The van der Waals surface area contributed by atoms with Crippen molar-refractivity contribution in [3.8, 4) is 0 Å². The Morgan fingerprint density at radius 1 is 1.40 bits per heavy atom. The highest BCUT2D eigenvalue weighted by Crippen LogP contribution is 2.38. The molecule has 0 spiro atoms. The van der Waals surface area contributed by atoms with E-state index in [1.807, 2.05) is 31.2 Å². The molecule has 1 heterocycles. The van der Waals surface area contributed by atoms with Gasteiger partial charge in [0, 0.05) is 23.5 Å². The third kappa shape index (κ3) is 3.88. The van der Waals surface area contributed by atoms with Gasteiger partial charge < -0.3 is 22.1 Å². The topological polar surface area (TPSA) is 119 Å². The van der Waals surface area contributed by atoms with Gasteiger partial charge in [-0.25, -0.2) is 4.98 Å². The molecular formula is C18H24N6O. The molecule has 132 valence electrons. The molecule has 1 saturated carbocycles. The lowest BCUT2D eigenvalue weighted by molar-refractivity contribution is 0.100. The van der Waals surface area contributed by atoms with E-state index in [0.717, 1.165) is 30.5 Å². The first-order valence-corrected chi connectivity index (χ1v) is 8.47. The van der Waals surface area contributed by atoms with Gasteiger partial charge in [-0.15, -0.1) is 0 Å². The fraction of sp³-hybridized carbons (Fsp3) is 0.389. The standard InChI is InChI=1S/C18H24N6O/c1-3-14(18(20)7-8-18)23-17-21-10-13(15(19)25)16(24-17)22-12-6-4-5-11(2)9-12/h4-6,9-10,14H,3,7-8,20H2,1-2H3,(H2,19,25)(H2,21,22,23,24)/t14-/m0/s1. The summed E-state index contributed by atoms with van der Waals surface area (Å²) < 4.78 is 0. The van der Waals surface area contributed by atoms with E-state index in [-0.39, 0.29) is 17.1 Å². The fourth-order valence-corrected chi connectivity index (χ4v) is 2.89. The van der Waals surface area contributed by atoms with Crippen LogP contribution >= 0.6 is 0 Å². The molecule has 1 aliphatic rings. The van der Waals surface area contributed by atoms with Crippen LogP contribution in [0.2, 0.25) is 0 Å². The van der Waals surface area contributed by atoms with Gasteiger partial charge in [0.15, 0.2) is 0 Å². The number of primary amides is 1. The number of benzene rings is 1. The lowest BCUT2D eigenvalue weighted by Crippen LogP contribution is -2.42. The van der Waals surface area contributed by atoms with Gasteiger partial charge in [0.25, 0.3) is 5.91 Å². The Labute approximate surface area is 147 Å². The molecule has 6 N–H and O–H groups in total. The van der Waals surface area contributed by atoms with E-state index < -0.39 is 5.91 Å². The van der Waals surface area contributed by atoms with E-state index in [0.29, 0.717) is 11.8 Å². The van der Waals surface area contributed by atoms with Gasteiger partial charge in [-0.1, -0.05) is 19.1 Å². The molecule has 0 aliphatic heterocycles. The number of rotatable bonds is 7. The van der Waals surface area contributed by atoms with Crippen LogP contribution in [0.15, 0.2) is 30.5 Å². The van der Waals surface area contributed by atoms with Crippen LogP contribution in [0.5, 0.6) is 0 Å². The minimum absolute atomic E-state index is 0.0961. The second kappa shape index (κ2) is 6.68. The van der Waals surface area contributed by atoms with Crippen LogP contribution in [0.1, 0.15) is 42.1 Å². The highest BCUT2D eigenvalue weighted by atomic mass is 16.1. The van der Waals surface area contributed by atoms with Gasteiger partial charge in [-0.05, 0) is 43.9 Å². The molecule has 1 atom stereocenters. The van der Waals surface area contributed by atoms with E-state index in [1.54, 1.807) is 0 Å². The Bertz CT molecular complexity index is 787. The summed E-state index contributed by atoms with van der Waals surface area (Å²) in [5.74, 6) is 0.238. The van der Waals surface area contributed by atoms with E-state index in [1.165, 1.54) is 6.20 Å². The number of amides is 1. The Kier molecular flexibility index (Phi) is 4.59. The largest absolute Gasteiger partial charge is 0.365 e. The summed E-state index contributed by atoms with van der Waals surface area (Å²) in [5, 5.41) is 6.45. The second-order valence-electron chi connectivity index (χ2n) is 6.65. The van der Waals surface area contributed by atoms with Crippen molar-refractivity contribution in [2.24, 2.45) is 11.5 Å². The Morgan fingerprint density at radius 3 is 2.76 bits per heavy atom. The van der Waals surface area contributed by atoms with Crippen molar-refractivity contribution < 1.29 is 4.79 Å². The maximum Gasteiger partial charge on any atom is 0.254 e. The van der Waals surface area contributed by atoms with Crippen LogP contribution in [-0.4, -0.2) is 27.5 Å². The SMILES string of the molecule is CC[C@H](Nc1ncc(C(N)=O)c(Nc2cccc(C)c2)n1)C1(N)CC1. The molecule has 3 rings (SSSR count). The lowest BCUT2D eigenvalue weighted by atomic mass is 10.1. The highest BCUT2D eigenvalue weighted by Gasteiger charge is 2.45. The number of nitrogens with one attached hydrogen (secondary N) is 2. The Hall–Kier alpha value is -2.67. The van der Waals surface area contributed by atoms with Gasteiger partial charge in [-0.2, -0.15) is 4.98 Å². The fourth-order valence-electron chi connectivity index (χ4n) is 2.89. The average Bonchev–Trinajstić information content (AvgIpc) is 3.31. The van der Waals surface area contributed by atoms with Gasteiger partial charge in [0.05, 0.1) is 0 Å². The van der Waals surface area contributed by atoms with Crippen molar-refractivity contribution in [2.75, 3.05) is 10.6 Å². The first-order valence-electron chi connectivity index (χ1n) is 8.47. The predicted octanol–water partition coefficient (Wildman–Crippen LogP) is 2.31. The number of aryl methyl sites for hydroxylation is 1. The van der Waals surface area contributed by atoms with Crippen LogP contribution in [0, 0.1) is 6.92 Å². The van der Waals surface area contributed by atoms with E-state index >= 15 is 0 Å². The maximum absolute atomic E-state index is 11.7. The van der Waals surface area contributed by atoms with Crippen molar-refractivity contribution in [3.05, 3.63) is 41.6 Å². The number of nitrogens with two attached hydrogens (primary N) is 2. The van der Waals surface area contributed by atoms with Crippen molar-refractivity contribution in [3.63, 3.8) is 0 Å². The molecule has 0 bridgehead atoms.